The molecule has 0 amide bonds. The third-order valence-electron chi connectivity index (χ3n) is 3.79. The SMILES string of the molecule is CCOC1C(NS(=O)(=O)c2ccc(C)cc2)=Cc2ccccc21. The van der Waals surface area contributed by atoms with Crippen LogP contribution >= 0.6 is 0 Å². The van der Waals surface area contributed by atoms with Crippen molar-refractivity contribution in [2.75, 3.05) is 6.61 Å². The third kappa shape index (κ3) is 3.16. The summed E-state index contributed by atoms with van der Waals surface area (Å²) >= 11 is 0. The first-order valence-corrected chi connectivity index (χ1v) is 9.01. The molecule has 1 aliphatic rings. The summed E-state index contributed by atoms with van der Waals surface area (Å²) in [5, 5.41) is 0. The van der Waals surface area contributed by atoms with Crippen molar-refractivity contribution in [3.05, 3.63) is 70.9 Å². The average molecular weight is 329 g/mol. The van der Waals surface area contributed by atoms with Crippen LogP contribution in [0.4, 0.5) is 0 Å². The number of rotatable bonds is 5. The number of benzene rings is 2. The lowest BCUT2D eigenvalue weighted by Gasteiger charge is -2.18. The first-order chi connectivity index (χ1) is 11.0. The zero-order valence-corrected chi connectivity index (χ0v) is 13.9. The summed E-state index contributed by atoms with van der Waals surface area (Å²) in [7, 11) is -3.63. The van der Waals surface area contributed by atoms with E-state index in [1.165, 1.54) is 0 Å². The standard InChI is InChI=1S/C18H19NO3S/c1-3-22-18-16-7-5-4-6-14(16)12-17(18)19-23(20,21)15-10-8-13(2)9-11-15/h4-12,18-19H,3H2,1-2H3. The van der Waals surface area contributed by atoms with Gasteiger partial charge in [-0.2, -0.15) is 0 Å². The van der Waals surface area contributed by atoms with Crippen LogP contribution in [0.15, 0.2) is 59.1 Å². The van der Waals surface area contributed by atoms with Crippen molar-refractivity contribution in [1.29, 1.82) is 0 Å². The molecule has 1 N–H and O–H groups in total. The predicted molar refractivity (Wildman–Crippen MR) is 90.3 cm³/mol. The van der Waals surface area contributed by atoms with Crippen molar-refractivity contribution in [2.45, 2.75) is 24.8 Å². The molecule has 0 heterocycles. The molecular weight excluding hydrogens is 310 g/mol. The van der Waals surface area contributed by atoms with Gasteiger partial charge in [-0.05, 0) is 43.2 Å². The summed E-state index contributed by atoms with van der Waals surface area (Å²) in [6, 6.07) is 14.5. The summed E-state index contributed by atoms with van der Waals surface area (Å²) in [6.07, 6.45) is 1.46. The van der Waals surface area contributed by atoms with E-state index in [0.29, 0.717) is 12.3 Å². The second-order valence-electron chi connectivity index (χ2n) is 5.48. The molecule has 0 aromatic heterocycles. The maximum Gasteiger partial charge on any atom is 0.261 e. The smallest absolute Gasteiger partial charge is 0.261 e. The second kappa shape index (κ2) is 6.18. The zero-order valence-electron chi connectivity index (χ0n) is 13.1. The molecule has 0 aliphatic heterocycles. The monoisotopic (exact) mass is 329 g/mol. The molecule has 120 valence electrons. The van der Waals surface area contributed by atoms with Crippen molar-refractivity contribution in [3.63, 3.8) is 0 Å². The van der Waals surface area contributed by atoms with Gasteiger partial charge >= 0.3 is 0 Å². The fourth-order valence-electron chi connectivity index (χ4n) is 2.65. The number of nitrogens with one attached hydrogen (secondary N) is 1. The van der Waals surface area contributed by atoms with Gasteiger partial charge in [0, 0.05) is 6.61 Å². The Morgan fingerprint density at radius 3 is 2.48 bits per heavy atom. The van der Waals surface area contributed by atoms with E-state index in [0.717, 1.165) is 16.7 Å². The Labute approximate surface area is 136 Å². The minimum Gasteiger partial charge on any atom is -0.367 e. The van der Waals surface area contributed by atoms with E-state index in [2.05, 4.69) is 4.72 Å². The molecule has 0 spiro atoms. The van der Waals surface area contributed by atoms with Crippen LogP contribution in [0.2, 0.25) is 0 Å². The number of hydrogen-bond acceptors (Lipinski definition) is 3. The topological polar surface area (TPSA) is 55.4 Å². The molecule has 1 unspecified atom stereocenters. The van der Waals surface area contributed by atoms with Crippen LogP contribution in [0.3, 0.4) is 0 Å². The van der Waals surface area contributed by atoms with Gasteiger partial charge in [0.15, 0.2) is 0 Å². The van der Waals surface area contributed by atoms with Crippen molar-refractivity contribution in [2.24, 2.45) is 0 Å². The Balaban J connectivity index is 1.91. The highest BCUT2D eigenvalue weighted by Crippen LogP contribution is 2.36. The number of fused-ring (bicyclic) bond motifs is 1. The highest BCUT2D eigenvalue weighted by molar-refractivity contribution is 7.89. The van der Waals surface area contributed by atoms with Gasteiger partial charge in [0.25, 0.3) is 10.0 Å². The van der Waals surface area contributed by atoms with E-state index in [-0.39, 0.29) is 11.0 Å². The second-order valence-corrected chi connectivity index (χ2v) is 7.16. The van der Waals surface area contributed by atoms with Crippen molar-refractivity contribution in [3.8, 4) is 0 Å². The average Bonchev–Trinajstić information content (AvgIpc) is 2.85. The molecule has 1 aliphatic carbocycles. The Bertz CT molecular complexity index is 839. The summed E-state index contributed by atoms with van der Waals surface area (Å²) in [5.41, 5.74) is 3.53. The molecule has 23 heavy (non-hydrogen) atoms. The first kappa shape index (κ1) is 15.8. The highest BCUT2D eigenvalue weighted by Gasteiger charge is 2.28. The van der Waals surface area contributed by atoms with Crippen LogP contribution in [0.25, 0.3) is 6.08 Å². The lowest BCUT2D eigenvalue weighted by atomic mass is 10.1. The van der Waals surface area contributed by atoms with E-state index in [1.807, 2.05) is 44.2 Å². The Morgan fingerprint density at radius 2 is 1.78 bits per heavy atom. The van der Waals surface area contributed by atoms with Gasteiger partial charge in [-0.15, -0.1) is 0 Å². The van der Waals surface area contributed by atoms with Crippen molar-refractivity contribution < 1.29 is 13.2 Å². The van der Waals surface area contributed by atoms with E-state index in [1.54, 1.807) is 24.3 Å². The minimum absolute atomic E-state index is 0.246. The lowest BCUT2D eigenvalue weighted by Crippen LogP contribution is -2.26. The summed E-state index contributed by atoms with van der Waals surface area (Å²) in [4.78, 5) is 0.246. The van der Waals surface area contributed by atoms with E-state index in [9.17, 15) is 8.42 Å². The van der Waals surface area contributed by atoms with E-state index >= 15 is 0 Å². The molecule has 5 heteroatoms. The maximum atomic E-state index is 12.6. The highest BCUT2D eigenvalue weighted by atomic mass is 32.2. The van der Waals surface area contributed by atoms with E-state index in [4.69, 9.17) is 4.74 Å². The zero-order chi connectivity index (χ0) is 16.4. The molecule has 0 fully saturated rings. The van der Waals surface area contributed by atoms with Gasteiger partial charge in [0.2, 0.25) is 0 Å². The minimum atomic E-state index is -3.63. The van der Waals surface area contributed by atoms with Crippen molar-refractivity contribution in [1.82, 2.24) is 4.72 Å². The van der Waals surface area contributed by atoms with Gasteiger partial charge < -0.3 is 4.74 Å². The third-order valence-corrected chi connectivity index (χ3v) is 5.19. The number of aryl methyl sites for hydroxylation is 1. The van der Waals surface area contributed by atoms with Gasteiger partial charge in [-0.3, -0.25) is 4.72 Å². The maximum absolute atomic E-state index is 12.6. The summed E-state index contributed by atoms with van der Waals surface area (Å²) in [5.74, 6) is 0. The van der Waals surface area contributed by atoms with Crippen LogP contribution < -0.4 is 4.72 Å². The lowest BCUT2D eigenvalue weighted by molar-refractivity contribution is 0.0885. The Kier molecular flexibility index (Phi) is 4.24. The fourth-order valence-corrected chi connectivity index (χ4v) is 3.74. The van der Waals surface area contributed by atoms with E-state index < -0.39 is 10.0 Å². The molecule has 2 aromatic rings. The Morgan fingerprint density at radius 1 is 1.09 bits per heavy atom. The molecule has 3 rings (SSSR count). The van der Waals surface area contributed by atoms with Gasteiger partial charge in [-0.1, -0.05) is 42.0 Å². The molecular formula is C18H19NO3S. The largest absolute Gasteiger partial charge is 0.367 e. The predicted octanol–water partition coefficient (Wildman–Crippen LogP) is 3.41. The van der Waals surface area contributed by atoms with Crippen LogP contribution in [0.1, 0.15) is 29.7 Å². The van der Waals surface area contributed by atoms with Gasteiger partial charge in [0.05, 0.1) is 10.6 Å². The Hall–Kier alpha value is -2.11. The normalized spacial score (nSPS) is 16.8. The van der Waals surface area contributed by atoms with Gasteiger partial charge in [0.1, 0.15) is 6.10 Å². The van der Waals surface area contributed by atoms with Crippen LogP contribution in [0.5, 0.6) is 0 Å². The quantitative estimate of drug-likeness (QED) is 0.914. The first-order valence-electron chi connectivity index (χ1n) is 7.53. The van der Waals surface area contributed by atoms with Crippen LogP contribution in [-0.2, 0) is 14.8 Å². The summed E-state index contributed by atoms with van der Waals surface area (Å²) < 4.78 is 33.6. The number of ether oxygens (including phenoxy) is 1. The molecule has 0 saturated carbocycles. The molecule has 0 radical (unpaired) electrons. The van der Waals surface area contributed by atoms with Crippen LogP contribution in [0, 0.1) is 6.92 Å². The number of hydrogen-bond donors (Lipinski definition) is 1. The molecule has 0 bridgehead atoms. The number of sulfonamides is 1. The molecule has 4 nitrogen and oxygen atoms in total. The molecule has 0 saturated heterocycles. The van der Waals surface area contributed by atoms with Crippen molar-refractivity contribution >= 4 is 16.1 Å². The summed E-state index contributed by atoms with van der Waals surface area (Å²) in [6.45, 7) is 4.32. The van der Waals surface area contributed by atoms with Gasteiger partial charge in [-0.25, -0.2) is 8.42 Å². The fraction of sp³-hybridized carbons (Fsp3) is 0.222. The molecule has 2 aromatic carbocycles. The molecule has 1 atom stereocenters. The van der Waals surface area contributed by atoms with Crippen LogP contribution in [-0.4, -0.2) is 15.0 Å².